The molecule has 0 bridgehead atoms. The molecule has 110 valence electrons. The molecule has 1 aliphatic rings. The largest absolute Gasteiger partial charge is 0.504 e. The van der Waals surface area contributed by atoms with E-state index in [-0.39, 0.29) is 5.75 Å². The number of nitrogens with zero attached hydrogens (tertiary/aromatic N) is 1. The number of para-hydroxylation sites is 1. The molecule has 2 rings (SSSR count). The average molecular weight is 279 g/mol. The second-order valence-corrected chi connectivity index (χ2v) is 5.30. The van der Waals surface area contributed by atoms with E-state index < -0.39 is 11.5 Å². The molecule has 5 nitrogen and oxygen atoms in total. The molecule has 1 aliphatic heterocycles. The Morgan fingerprint density at radius 2 is 2.25 bits per heavy atom. The van der Waals surface area contributed by atoms with Gasteiger partial charge in [-0.3, -0.25) is 9.69 Å². The highest BCUT2D eigenvalue weighted by atomic mass is 16.5. The first-order chi connectivity index (χ1) is 9.49. The molecular formula is C15H21NO4. The van der Waals surface area contributed by atoms with E-state index >= 15 is 0 Å². The summed E-state index contributed by atoms with van der Waals surface area (Å²) in [6.45, 7) is 5.21. The van der Waals surface area contributed by atoms with Gasteiger partial charge in [0.2, 0.25) is 0 Å². The maximum atomic E-state index is 11.4. The lowest BCUT2D eigenvalue weighted by molar-refractivity contribution is -0.148. The van der Waals surface area contributed by atoms with Crippen molar-refractivity contribution in [3.8, 4) is 11.5 Å². The Morgan fingerprint density at radius 1 is 1.50 bits per heavy atom. The highest BCUT2D eigenvalue weighted by Gasteiger charge is 2.43. The maximum absolute atomic E-state index is 11.4. The molecule has 0 amide bonds. The number of ether oxygens (including phenoxy) is 1. The van der Waals surface area contributed by atoms with Crippen LogP contribution in [-0.4, -0.2) is 39.8 Å². The molecule has 1 unspecified atom stereocenters. The number of carboxylic acid groups (broad SMARTS) is 1. The summed E-state index contributed by atoms with van der Waals surface area (Å²) in [4.78, 5) is 13.4. The number of carboxylic acids is 1. The molecule has 0 aliphatic carbocycles. The number of phenols is 1. The Hall–Kier alpha value is -1.75. The fourth-order valence-corrected chi connectivity index (χ4v) is 2.69. The topological polar surface area (TPSA) is 70.0 Å². The minimum Gasteiger partial charge on any atom is -0.504 e. The number of aromatic hydroxyl groups is 1. The van der Waals surface area contributed by atoms with Crippen molar-refractivity contribution in [1.82, 2.24) is 4.90 Å². The molecule has 1 heterocycles. The van der Waals surface area contributed by atoms with Crippen LogP contribution in [0.4, 0.5) is 0 Å². The van der Waals surface area contributed by atoms with Crippen molar-refractivity contribution in [1.29, 1.82) is 0 Å². The van der Waals surface area contributed by atoms with Crippen LogP contribution in [0, 0.1) is 0 Å². The average Bonchev–Trinajstić information content (AvgIpc) is 2.77. The number of hydrogen-bond acceptors (Lipinski definition) is 4. The zero-order valence-corrected chi connectivity index (χ0v) is 11.9. The molecule has 20 heavy (non-hydrogen) atoms. The lowest BCUT2D eigenvalue weighted by Gasteiger charge is -2.31. The minimum atomic E-state index is -0.853. The first-order valence-electron chi connectivity index (χ1n) is 6.91. The normalized spacial score (nSPS) is 22.9. The standard InChI is InChI=1S/C15H21NO4/c1-3-20-12-7-4-6-11(13(12)17)10-16-9-5-8-15(16,2)14(18)19/h4,6-7,17H,3,5,8-10H2,1-2H3,(H,18,19). The summed E-state index contributed by atoms with van der Waals surface area (Å²) < 4.78 is 5.36. The van der Waals surface area contributed by atoms with E-state index in [0.29, 0.717) is 30.9 Å². The van der Waals surface area contributed by atoms with Gasteiger partial charge in [-0.25, -0.2) is 0 Å². The monoisotopic (exact) mass is 279 g/mol. The third kappa shape index (κ3) is 2.58. The van der Waals surface area contributed by atoms with Gasteiger partial charge < -0.3 is 14.9 Å². The van der Waals surface area contributed by atoms with Crippen molar-refractivity contribution in [2.24, 2.45) is 0 Å². The number of rotatable bonds is 5. The Kier molecular flexibility index (Phi) is 4.18. The van der Waals surface area contributed by atoms with Gasteiger partial charge in [0.1, 0.15) is 5.54 Å². The second kappa shape index (κ2) is 5.71. The minimum absolute atomic E-state index is 0.106. The number of likely N-dealkylation sites (tertiary alicyclic amines) is 1. The fourth-order valence-electron chi connectivity index (χ4n) is 2.69. The van der Waals surface area contributed by atoms with E-state index in [1.807, 2.05) is 17.9 Å². The third-order valence-corrected chi connectivity index (χ3v) is 3.99. The van der Waals surface area contributed by atoms with Gasteiger partial charge in [0.25, 0.3) is 0 Å². The summed E-state index contributed by atoms with van der Waals surface area (Å²) in [6.07, 6.45) is 1.49. The van der Waals surface area contributed by atoms with Crippen LogP contribution in [0.5, 0.6) is 11.5 Å². The molecule has 1 saturated heterocycles. The van der Waals surface area contributed by atoms with E-state index in [1.165, 1.54) is 0 Å². The van der Waals surface area contributed by atoms with Crippen LogP contribution in [0.25, 0.3) is 0 Å². The molecule has 1 aromatic rings. The van der Waals surface area contributed by atoms with Crippen molar-refractivity contribution in [3.05, 3.63) is 23.8 Å². The summed E-state index contributed by atoms with van der Waals surface area (Å²) in [5, 5.41) is 19.6. The Labute approximate surface area is 118 Å². The Morgan fingerprint density at radius 3 is 2.90 bits per heavy atom. The zero-order chi connectivity index (χ0) is 14.8. The van der Waals surface area contributed by atoms with Crippen LogP contribution < -0.4 is 4.74 Å². The Balaban J connectivity index is 2.22. The van der Waals surface area contributed by atoms with Crippen molar-refractivity contribution in [3.63, 3.8) is 0 Å². The summed E-state index contributed by atoms with van der Waals surface area (Å²) >= 11 is 0. The quantitative estimate of drug-likeness (QED) is 0.865. The summed E-state index contributed by atoms with van der Waals surface area (Å²) in [7, 11) is 0. The van der Waals surface area contributed by atoms with Gasteiger partial charge in [-0.2, -0.15) is 0 Å². The molecule has 5 heteroatoms. The van der Waals surface area contributed by atoms with Crippen molar-refractivity contribution in [2.45, 2.75) is 38.8 Å². The van der Waals surface area contributed by atoms with Crippen LogP contribution in [0.1, 0.15) is 32.3 Å². The number of aliphatic carboxylic acids is 1. The highest BCUT2D eigenvalue weighted by molar-refractivity contribution is 5.78. The van der Waals surface area contributed by atoms with Crippen molar-refractivity contribution < 1.29 is 19.7 Å². The molecule has 0 radical (unpaired) electrons. The predicted molar refractivity (Wildman–Crippen MR) is 75.0 cm³/mol. The van der Waals surface area contributed by atoms with Gasteiger partial charge in [0.15, 0.2) is 11.5 Å². The smallest absolute Gasteiger partial charge is 0.323 e. The molecule has 0 saturated carbocycles. The summed E-state index contributed by atoms with van der Waals surface area (Å²) in [6, 6.07) is 5.33. The predicted octanol–water partition coefficient (Wildman–Crippen LogP) is 2.23. The lowest BCUT2D eigenvalue weighted by Crippen LogP contribution is -2.47. The SMILES string of the molecule is CCOc1cccc(CN2CCCC2(C)C(=O)O)c1O. The van der Waals surface area contributed by atoms with Gasteiger partial charge >= 0.3 is 5.97 Å². The van der Waals surface area contributed by atoms with Crippen LogP contribution in [0.2, 0.25) is 0 Å². The molecule has 0 aromatic heterocycles. The molecule has 1 fully saturated rings. The zero-order valence-electron chi connectivity index (χ0n) is 11.9. The maximum Gasteiger partial charge on any atom is 0.323 e. The summed E-state index contributed by atoms with van der Waals surface area (Å²) in [5.74, 6) is -0.259. The van der Waals surface area contributed by atoms with Crippen molar-refractivity contribution >= 4 is 5.97 Å². The number of benzene rings is 1. The van der Waals surface area contributed by atoms with E-state index in [0.717, 1.165) is 13.0 Å². The first kappa shape index (κ1) is 14.7. The fraction of sp³-hybridized carbons (Fsp3) is 0.533. The molecule has 1 atom stereocenters. The van der Waals surface area contributed by atoms with Gasteiger partial charge in [-0.05, 0) is 39.3 Å². The number of carbonyl (C=O) groups is 1. The van der Waals surface area contributed by atoms with Crippen LogP contribution in [0.3, 0.4) is 0 Å². The molecule has 2 N–H and O–H groups in total. The third-order valence-electron chi connectivity index (χ3n) is 3.99. The first-order valence-corrected chi connectivity index (χ1v) is 6.91. The van der Waals surface area contributed by atoms with Crippen LogP contribution in [0.15, 0.2) is 18.2 Å². The van der Waals surface area contributed by atoms with Crippen LogP contribution in [-0.2, 0) is 11.3 Å². The second-order valence-electron chi connectivity index (χ2n) is 5.30. The van der Waals surface area contributed by atoms with E-state index in [4.69, 9.17) is 4.74 Å². The van der Waals surface area contributed by atoms with Gasteiger partial charge in [0, 0.05) is 12.1 Å². The van der Waals surface area contributed by atoms with Crippen molar-refractivity contribution in [2.75, 3.05) is 13.2 Å². The number of phenolic OH excluding ortho intramolecular Hbond substituents is 1. The van der Waals surface area contributed by atoms with E-state index in [1.54, 1.807) is 19.1 Å². The highest BCUT2D eigenvalue weighted by Crippen LogP contribution is 2.35. The molecular weight excluding hydrogens is 258 g/mol. The Bertz CT molecular complexity index is 503. The van der Waals surface area contributed by atoms with Gasteiger partial charge in [0.05, 0.1) is 6.61 Å². The summed E-state index contributed by atoms with van der Waals surface area (Å²) in [5.41, 5.74) is -0.154. The van der Waals surface area contributed by atoms with Gasteiger partial charge in [-0.15, -0.1) is 0 Å². The van der Waals surface area contributed by atoms with Gasteiger partial charge in [-0.1, -0.05) is 12.1 Å². The molecule has 1 aromatic carbocycles. The van der Waals surface area contributed by atoms with E-state index in [2.05, 4.69) is 0 Å². The molecule has 0 spiro atoms. The lowest BCUT2D eigenvalue weighted by atomic mass is 9.98. The number of hydrogen-bond donors (Lipinski definition) is 2. The van der Waals surface area contributed by atoms with Crippen LogP contribution >= 0.6 is 0 Å². The van der Waals surface area contributed by atoms with E-state index in [9.17, 15) is 15.0 Å².